The first kappa shape index (κ1) is 14.6. The SMILES string of the molecule is O=C(O)CCNC(=O)C(CS)Cc1ccccc1. The molecule has 0 heterocycles. The lowest BCUT2D eigenvalue weighted by Gasteiger charge is -2.14. The van der Waals surface area contributed by atoms with Gasteiger partial charge in [0.2, 0.25) is 5.91 Å². The normalized spacial score (nSPS) is 11.8. The van der Waals surface area contributed by atoms with Crippen molar-refractivity contribution in [1.82, 2.24) is 5.32 Å². The van der Waals surface area contributed by atoms with Crippen molar-refractivity contribution in [2.75, 3.05) is 12.3 Å². The van der Waals surface area contributed by atoms with E-state index in [1.807, 2.05) is 30.3 Å². The van der Waals surface area contributed by atoms with Crippen molar-refractivity contribution in [1.29, 1.82) is 0 Å². The number of benzene rings is 1. The zero-order chi connectivity index (χ0) is 13.4. The Morgan fingerprint density at radius 3 is 2.50 bits per heavy atom. The van der Waals surface area contributed by atoms with Gasteiger partial charge in [-0.05, 0) is 12.0 Å². The molecule has 1 unspecified atom stereocenters. The minimum atomic E-state index is -0.916. The second-order valence-corrected chi connectivity index (χ2v) is 4.37. The van der Waals surface area contributed by atoms with Gasteiger partial charge in [0.05, 0.1) is 12.3 Å². The highest BCUT2D eigenvalue weighted by Crippen LogP contribution is 2.10. The van der Waals surface area contributed by atoms with Crippen LogP contribution in [-0.2, 0) is 16.0 Å². The van der Waals surface area contributed by atoms with E-state index < -0.39 is 5.97 Å². The molecule has 0 bridgehead atoms. The molecule has 0 saturated heterocycles. The number of rotatable bonds is 7. The lowest BCUT2D eigenvalue weighted by Crippen LogP contribution is -2.34. The van der Waals surface area contributed by atoms with Crippen LogP contribution in [0, 0.1) is 5.92 Å². The summed E-state index contributed by atoms with van der Waals surface area (Å²) >= 11 is 4.17. The van der Waals surface area contributed by atoms with E-state index in [1.54, 1.807) is 0 Å². The van der Waals surface area contributed by atoms with Crippen LogP contribution in [0.4, 0.5) is 0 Å². The fraction of sp³-hybridized carbons (Fsp3) is 0.385. The first-order chi connectivity index (χ1) is 8.63. The Bertz CT molecular complexity index is 394. The van der Waals surface area contributed by atoms with E-state index >= 15 is 0 Å². The average molecular weight is 267 g/mol. The third kappa shape index (κ3) is 5.23. The number of aliphatic carboxylic acids is 1. The summed E-state index contributed by atoms with van der Waals surface area (Å²) in [6.07, 6.45) is 0.555. The molecule has 1 rings (SSSR count). The largest absolute Gasteiger partial charge is 0.481 e. The minimum Gasteiger partial charge on any atom is -0.481 e. The van der Waals surface area contributed by atoms with Crippen LogP contribution < -0.4 is 5.32 Å². The highest BCUT2D eigenvalue weighted by molar-refractivity contribution is 7.80. The summed E-state index contributed by atoms with van der Waals surface area (Å²) < 4.78 is 0. The minimum absolute atomic E-state index is 0.0592. The number of carboxylic acids is 1. The average Bonchev–Trinajstić information content (AvgIpc) is 2.36. The maximum Gasteiger partial charge on any atom is 0.305 e. The molecular weight excluding hydrogens is 250 g/mol. The highest BCUT2D eigenvalue weighted by Gasteiger charge is 2.17. The molecule has 1 aromatic rings. The molecule has 0 aliphatic carbocycles. The van der Waals surface area contributed by atoms with Crippen LogP contribution in [0.3, 0.4) is 0 Å². The number of thiol groups is 1. The monoisotopic (exact) mass is 267 g/mol. The van der Waals surface area contributed by atoms with Crippen LogP contribution in [-0.4, -0.2) is 29.3 Å². The Morgan fingerprint density at radius 2 is 1.94 bits per heavy atom. The molecule has 0 aliphatic rings. The molecule has 1 atom stereocenters. The zero-order valence-corrected chi connectivity index (χ0v) is 10.9. The van der Waals surface area contributed by atoms with Crippen LogP contribution in [0.25, 0.3) is 0 Å². The summed E-state index contributed by atoms with van der Waals surface area (Å²) in [4.78, 5) is 22.2. The van der Waals surface area contributed by atoms with Gasteiger partial charge in [0, 0.05) is 12.3 Å². The molecule has 0 aliphatic heterocycles. The molecule has 1 aromatic carbocycles. The Morgan fingerprint density at radius 1 is 1.28 bits per heavy atom. The molecular formula is C13H17NO3S. The van der Waals surface area contributed by atoms with Crippen molar-refractivity contribution in [3.05, 3.63) is 35.9 Å². The molecule has 4 nitrogen and oxygen atoms in total. The van der Waals surface area contributed by atoms with Crippen LogP contribution in [0.5, 0.6) is 0 Å². The molecule has 0 spiro atoms. The van der Waals surface area contributed by atoms with Crippen molar-refractivity contribution in [2.45, 2.75) is 12.8 Å². The number of amides is 1. The molecule has 5 heteroatoms. The fourth-order valence-corrected chi connectivity index (χ4v) is 1.87. The topological polar surface area (TPSA) is 66.4 Å². The van der Waals surface area contributed by atoms with Crippen molar-refractivity contribution >= 4 is 24.5 Å². The molecule has 0 fully saturated rings. The van der Waals surface area contributed by atoms with E-state index in [4.69, 9.17) is 5.11 Å². The lowest BCUT2D eigenvalue weighted by atomic mass is 10.0. The lowest BCUT2D eigenvalue weighted by molar-refractivity contribution is -0.137. The Kier molecular flexibility index (Phi) is 6.28. The highest BCUT2D eigenvalue weighted by atomic mass is 32.1. The zero-order valence-electron chi connectivity index (χ0n) is 10.0. The number of carbonyl (C=O) groups is 2. The molecule has 0 radical (unpaired) electrons. The van der Waals surface area contributed by atoms with Crippen LogP contribution in [0.15, 0.2) is 30.3 Å². The molecule has 1 amide bonds. The van der Waals surface area contributed by atoms with Gasteiger partial charge >= 0.3 is 5.97 Å². The first-order valence-corrected chi connectivity index (χ1v) is 6.41. The summed E-state index contributed by atoms with van der Waals surface area (Å²) in [5, 5.41) is 11.1. The number of carboxylic acid groups (broad SMARTS) is 1. The quantitative estimate of drug-likeness (QED) is 0.654. The van der Waals surface area contributed by atoms with Crippen molar-refractivity contribution in [3.8, 4) is 0 Å². The molecule has 18 heavy (non-hydrogen) atoms. The van der Waals surface area contributed by atoms with Crippen LogP contribution >= 0.6 is 12.6 Å². The van der Waals surface area contributed by atoms with Gasteiger partial charge in [0.25, 0.3) is 0 Å². The van der Waals surface area contributed by atoms with Gasteiger partial charge in [-0.25, -0.2) is 0 Å². The number of hydrogen-bond donors (Lipinski definition) is 3. The Balaban J connectivity index is 2.45. The summed E-state index contributed by atoms with van der Waals surface area (Å²) in [6.45, 7) is 0.160. The second kappa shape index (κ2) is 7.76. The summed E-state index contributed by atoms with van der Waals surface area (Å²) in [5.74, 6) is -0.853. The smallest absolute Gasteiger partial charge is 0.305 e. The third-order valence-corrected chi connectivity index (χ3v) is 2.99. The van der Waals surface area contributed by atoms with Crippen LogP contribution in [0.2, 0.25) is 0 Å². The van der Waals surface area contributed by atoms with Crippen molar-refractivity contribution in [3.63, 3.8) is 0 Å². The van der Waals surface area contributed by atoms with Crippen LogP contribution in [0.1, 0.15) is 12.0 Å². The maximum atomic E-state index is 11.8. The summed E-state index contributed by atoms with van der Waals surface area (Å²) in [5.41, 5.74) is 1.07. The van der Waals surface area contributed by atoms with Crippen molar-refractivity contribution < 1.29 is 14.7 Å². The molecule has 0 saturated carbocycles. The molecule has 2 N–H and O–H groups in total. The summed E-state index contributed by atoms with van der Waals surface area (Å²) in [6, 6.07) is 9.69. The van der Waals surface area contributed by atoms with Gasteiger partial charge in [0.15, 0.2) is 0 Å². The van der Waals surface area contributed by atoms with Gasteiger partial charge in [-0.3, -0.25) is 9.59 Å². The second-order valence-electron chi connectivity index (χ2n) is 4.00. The van der Waals surface area contributed by atoms with E-state index in [0.29, 0.717) is 12.2 Å². The number of carbonyl (C=O) groups excluding carboxylic acids is 1. The van der Waals surface area contributed by atoms with Crippen molar-refractivity contribution in [2.24, 2.45) is 5.92 Å². The first-order valence-electron chi connectivity index (χ1n) is 5.77. The number of hydrogen-bond acceptors (Lipinski definition) is 3. The maximum absolute atomic E-state index is 11.8. The van der Waals surface area contributed by atoms with E-state index in [1.165, 1.54) is 0 Å². The standard InChI is InChI=1S/C13H17NO3S/c15-12(16)6-7-14-13(17)11(9-18)8-10-4-2-1-3-5-10/h1-5,11,18H,6-9H2,(H,14,17)(H,15,16). The summed E-state index contributed by atoms with van der Waals surface area (Å²) in [7, 11) is 0. The fourth-order valence-electron chi connectivity index (χ4n) is 1.58. The van der Waals surface area contributed by atoms with Gasteiger partial charge in [-0.1, -0.05) is 30.3 Å². The van der Waals surface area contributed by atoms with Gasteiger partial charge in [0.1, 0.15) is 0 Å². The Hall–Kier alpha value is -1.49. The predicted octanol–water partition coefficient (Wildman–Crippen LogP) is 1.37. The third-order valence-electron chi connectivity index (χ3n) is 2.55. The molecule has 98 valence electrons. The van der Waals surface area contributed by atoms with Gasteiger partial charge in [-0.15, -0.1) is 0 Å². The predicted molar refractivity (Wildman–Crippen MR) is 72.8 cm³/mol. The van der Waals surface area contributed by atoms with E-state index in [9.17, 15) is 9.59 Å². The van der Waals surface area contributed by atoms with Gasteiger partial charge < -0.3 is 10.4 Å². The molecule has 0 aromatic heterocycles. The Labute approximate surface area is 112 Å². The van der Waals surface area contributed by atoms with E-state index in [2.05, 4.69) is 17.9 Å². The van der Waals surface area contributed by atoms with Gasteiger partial charge in [-0.2, -0.15) is 12.6 Å². The number of nitrogens with one attached hydrogen (secondary N) is 1. The van der Waals surface area contributed by atoms with E-state index in [-0.39, 0.29) is 24.8 Å². The van der Waals surface area contributed by atoms with E-state index in [0.717, 1.165) is 5.56 Å².